The van der Waals surface area contributed by atoms with Gasteiger partial charge in [-0.15, -0.1) is 0 Å². The summed E-state index contributed by atoms with van der Waals surface area (Å²) in [4.78, 5) is 12.0. The summed E-state index contributed by atoms with van der Waals surface area (Å²) in [6.07, 6.45) is 0. The fraction of sp³-hybridized carbons (Fsp3) is 0.278. The molecular weight excluding hydrogens is 378 g/mol. The van der Waals surface area contributed by atoms with Gasteiger partial charge in [0.2, 0.25) is 5.91 Å². The molecule has 3 nitrogen and oxygen atoms in total. The molecule has 0 aliphatic heterocycles. The van der Waals surface area contributed by atoms with Gasteiger partial charge < -0.3 is 10.6 Å². The average molecular weight is 397 g/mol. The zero-order chi connectivity index (χ0) is 17.7. The van der Waals surface area contributed by atoms with Crippen LogP contribution in [0.5, 0.6) is 0 Å². The first-order valence-electron chi connectivity index (χ1n) is 7.60. The average Bonchev–Trinajstić information content (AvgIpc) is 2.53. The van der Waals surface area contributed by atoms with Gasteiger partial charge in [0.25, 0.3) is 0 Å². The van der Waals surface area contributed by atoms with Crippen LogP contribution < -0.4 is 10.6 Å². The third-order valence-electron chi connectivity index (χ3n) is 3.75. The van der Waals surface area contributed by atoms with Crippen LogP contribution in [0.4, 0.5) is 8.78 Å². The molecule has 0 unspecified atom stereocenters. The fourth-order valence-electron chi connectivity index (χ4n) is 2.34. The van der Waals surface area contributed by atoms with E-state index < -0.39 is 17.7 Å². The molecule has 0 saturated carbocycles. The predicted molar refractivity (Wildman–Crippen MR) is 93.5 cm³/mol. The van der Waals surface area contributed by atoms with E-state index in [4.69, 9.17) is 0 Å². The van der Waals surface area contributed by atoms with Crippen LogP contribution in [0.1, 0.15) is 37.1 Å². The lowest BCUT2D eigenvalue weighted by Crippen LogP contribution is -2.36. The molecule has 0 heterocycles. The van der Waals surface area contributed by atoms with Gasteiger partial charge >= 0.3 is 0 Å². The molecule has 0 aliphatic rings. The van der Waals surface area contributed by atoms with Gasteiger partial charge in [-0.2, -0.15) is 0 Å². The molecule has 2 aromatic carbocycles. The number of carbonyl (C=O) groups excluding carboxylic acids is 1. The van der Waals surface area contributed by atoms with Crippen molar-refractivity contribution in [3.8, 4) is 0 Å². The zero-order valence-corrected chi connectivity index (χ0v) is 15.0. The highest BCUT2D eigenvalue weighted by molar-refractivity contribution is 9.10. The van der Waals surface area contributed by atoms with Gasteiger partial charge in [0, 0.05) is 22.1 Å². The van der Waals surface area contributed by atoms with E-state index in [2.05, 4.69) is 26.6 Å². The maximum atomic E-state index is 13.7. The highest BCUT2D eigenvalue weighted by Gasteiger charge is 2.14. The number of amides is 1. The third-order valence-corrected chi connectivity index (χ3v) is 4.27. The van der Waals surface area contributed by atoms with Crippen LogP contribution in [0.2, 0.25) is 0 Å². The Bertz CT molecular complexity index is 707. The molecule has 1 amide bonds. The molecule has 0 radical (unpaired) electrons. The second kappa shape index (κ2) is 8.35. The topological polar surface area (TPSA) is 41.1 Å². The molecule has 6 heteroatoms. The maximum absolute atomic E-state index is 13.7. The fourth-order valence-corrected chi connectivity index (χ4v) is 2.60. The van der Waals surface area contributed by atoms with Crippen molar-refractivity contribution in [1.82, 2.24) is 10.6 Å². The van der Waals surface area contributed by atoms with Crippen molar-refractivity contribution in [3.63, 3.8) is 0 Å². The van der Waals surface area contributed by atoms with Gasteiger partial charge in [0.05, 0.1) is 12.6 Å². The molecule has 0 saturated heterocycles. The maximum Gasteiger partial charge on any atom is 0.234 e. The molecule has 2 atom stereocenters. The number of nitrogens with one attached hydrogen (secondary N) is 2. The molecular formula is C18H19BrF2N2O. The van der Waals surface area contributed by atoms with Crippen molar-refractivity contribution in [3.05, 3.63) is 69.7 Å². The van der Waals surface area contributed by atoms with Crippen LogP contribution in [-0.2, 0) is 4.79 Å². The van der Waals surface area contributed by atoms with Crippen molar-refractivity contribution < 1.29 is 13.6 Å². The van der Waals surface area contributed by atoms with Crippen molar-refractivity contribution in [1.29, 1.82) is 0 Å². The molecule has 2 rings (SSSR count). The van der Waals surface area contributed by atoms with Gasteiger partial charge in [-0.3, -0.25) is 4.79 Å². The lowest BCUT2D eigenvalue weighted by Gasteiger charge is -2.18. The normalized spacial score (nSPS) is 13.4. The van der Waals surface area contributed by atoms with Gasteiger partial charge in [-0.25, -0.2) is 8.78 Å². The summed E-state index contributed by atoms with van der Waals surface area (Å²) >= 11 is 3.37. The van der Waals surface area contributed by atoms with E-state index in [1.54, 1.807) is 6.92 Å². The summed E-state index contributed by atoms with van der Waals surface area (Å²) in [6, 6.07) is 10.6. The molecule has 24 heavy (non-hydrogen) atoms. The summed E-state index contributed by atoms with van der Waals surface area (Å²) in [7, 11) is 0. The van der Waals surface area contributed by atoms with E-state index in [1.165, 1.54) is 12.1 Å². The Kier molecular flexibility index (Phi) is 6.45. The molecule has 2 aromatic rings. The summed E-state index contributed by atoms with van der Waals surface area (Å²) in [5.41, 5.74) is 1.31. The Morgan fingerprint density at radius 1 is 1.08 bits per heavy atom. The van der Waals surface area contributed by atoms with E-state index in [0.717, 1.165) is 16.1 Å². The summed E-state index contributed by atoms with van der Waals surface area (Å²) in [5.74, 6) is -1.44. The molecule has 128 valence electrons. The SMILES string of the molecule is C[C@H](NC(=O)CN[C@H](C)c1ccc(F)cc1F)c1ccc(Br)cc1. The molecule has 0 aliphatic carbocycles. The van der Waals surface area contributed by atoms with Crippen molar-refractivity contribution in [2.45, 2.75) is 25.9 Å². The highest BCUT2D eigenvalue weighted by atomic mass is 79.9. The van der Waals surface area contributed by atoms with Crippen molar-refractivity contribution in [2.75, 3.05) is 6.54 Å². The van der Waals surface area contributed by atoms with E-state index in [-0.39, 0.29) is 18.5 Å². The first kappa shape index (κ1) is 18.5. The Morgan fingerprint density at radius 2 is 1.75 bits per heavy atom. The third kappa shape index (κ3) is 5.11. The molecule has 0 spiro atoms. The lowest BCUT2D eigenvalue weighted by molar-refractivity contribution is -0.121. The molecule has 0 aromatic heterocycles. The summed E-state index contributed by atoms with van der Waals surface area (Å²) in [6.45, 7) is 3.66. The van der Waals surface area contributed by atoms with Crippen molar-refractivity contribution in [2.24, 2.45) is 0 Å². The van der Waals surface area contributed by atoms with E-state index in [9.17, 15) is 13.6 Å². The number of rotatable bonds is 6. The number of hydrogen-bond donors (Lipinski definition) is 2. The van der Waals surface area contributed by atoms with Crippen LogP contribution in [0, 0.1) is 11.6 Å². The minimum atomic E-state index is -0.626. The van der Waals surface area contributed by atoms with Gasteiger partial charge in [0.15, 0.2) is 0 Å². The number of carbonyl (C=O) groups is 1. The monoisotopic (exact) mass is 396 g/mol. The Balaban J connectivity index is 1.87. The summed E-state index contributed by atoms with van der Waals surface area (Å²) in [5, 5.41) is 5.82. The quantitative estimate of drug-likeness (QED) is 0.765. The second-order valence-corrected chi connectivity index (χ2v) is 6.52. The van der Waals surface area contributed by atoms with Crippen LogP contribution in [0.3, 0.4) is 0 Å². The number of hydrogen-bond acceptors (Lipinski definition) is 2. The lowest BCUT2D eigenvalue weighted by atomic mass is 10.1. The highest BCUT2D eigenvalue weighted by Crippen LogP contribution is 2.18. The molecule has 2 N–H and O–H groups in total. The van der Waals surface area contributed by atoms with Crippen LogP contribution in [0.25, 0.3) is 0 Å². The second-order valence-electron chi connectivity index (χ2n) is 5.61. The summed E-state index contributed by atoms with van der Waals surface area (Å²) < 4.78 is 27.6. The van der Waals surface area contributed by atoms with Crippen LogP contribution in [0.15, 0.2) is 46.9 Å². The first-order valence-corrected chi connectivity index (χ1v) is 8.39. The standard InChI is InChI=1S/C18H19BrF2N2O/c1-11(13-3-5-14(19)6-4-13)23-18(24)10-22-12(2)16-8-7-15(20)9-17(16)21/h3-9,11-12,22H,10H2,1-2H3,(H,23,24)/t11-,12+/m0/s1. The largest absolute Gasteiger partial charge is 0.348 e. The van der Waals surface area contributed by atoms with Gasteiger partial charge in [-0.1, -0.05) is 34.1 Å². The molecule has 0 bridgehead atoms. The smallest absolute Gasteiger partial charge is 0.234 e. The first-order chi connectivity index (χ1) is 11.4. The minimum absolute atomic E-state index is 0.0405. The predicted octanol–water partition coefficient (Wildman–Crippen LogP) is 4.26. The number of benzene rings is 2. The number of halogens is 3. The Labute approximate surface area is 148 Å². The van der Waals surface area contributed by atoms with Crippen LogP contribution >= 0.6 is 15.9 Å². The van der Waals surface area contributed by atoms with E-state index >= 15 is 0 Å². The van der Waals surface area contributed by atoms with Crippen LogP contribution in [-0.4, -0.2) is 12.5 Å². The Morgan fingerprint density at radius 3 is 2.38 bits per heavy atom. The van der Waals surface area contributed by atoms with Gasteiger partial charge in [-0.05, 0) is 37.6 Å². The van der Waals surface area contributed by atoms with E-state index in [0.29, 0.717) is 5.56 Å². The van der Waals surface area contributed by atoms with E-state index in [1.807, 2.05) is 31.2 Å². The van der Waals surface area contributed by atoms with Crippen molar-refractivity contribution >= 4 is 21.8 Å². The van der Waals surface area contributed by atoms with Gasteiger partial charge in [0.1, 0.15) is 11.6 Å². The molecule has 0 fully saturated rings. The zero-order valence-electron chi connectivity index (χ0n) is 13.4. The Hall–Kier alpha value is -1.79. The minimum Gasteiger partial charge on any atom is -0.348 e.